The van der Waals surface area contributed by atoms with E-state index in [-0.39, 0.29) is 5.91 Å². The molecular formula is C15H19NO3. The van der Waals surface area contributed by atoms with Crippen LogP contribution in [0.25, 0.3) is 11.0 Å². The Labute approximate surface area is 112 Å². The number of benzene rings is 1. The maximum absolute atomic E-state index is 12.0. The SMILES string of the molecule is CCc1ccc2oc(C(=O)NCCOC)c(C)c2c1. The second-order valence-corrected chi connectivity index (χ2v) is 4.49. The molecule has 0 aliphatic rings. The number of hydrogen-bond donors (Lipinski definition) is 1. The summed E-state index contributed by atoms with van der Waals surface area (Å²) in [7, 11) is 1.60. The van der Waals surface area contributed by atoms with E-state index in [9.17, 15) is 4.79 Å². The maximum Gasteiger partial charge on any atom is 0.287 e. The molecule has 0 unspecified atom stereocenters. The summed E-state index contributed by atoms with van der Waals surface area (Å²) >= 11 is 0. The van der Waals surface area contributed by atoms with Gasteiger partial charge < -0.3 is 14.5 Å². The fourth-order valence-corrected chi connectivity index (χ4v) is 2.05. The van der Waals surface area contributed by atoms with Crippen LogP contribution in [0.4, 0.5) is 0 Å². The lowest BCUT2D eigenvalue weighted by atomic mass is 10.1. The lowest BCUT2D eigenvalue weighted by molar-refractivity contribution is 0.0911. The summed E-state index contributed by atoms with van der Waals surface area (Å²) in [6, 6.07) is 6.03. The van der Waals surface area contributed by atoms with E-state index in [1.807, 2.05) is 19.1 Å². The topological polar surface area (TPSA) is 51.5 Å². The van der Waals surface area contributed by atoms with Crippen molar-refractivity contribution in [2.75, 3.05) is 20.3 Å². The van der Waals surface area contributed by atoms with Gasteiger partial charge in [-0.1, -0.05) is 13.0 Å². The first-order valence-corrected chi connectivity index (χ1v) is 6.46. The lowest BCUT2D eigenvalue weighted by Crippen LogP contribution is -2.27. The quantitative estimate of drug-likeness (QED) is 0.842. The van der Waals surface area contributed by atoms with E-state index in [2.05, 4.69) is 18.3 Å². The van der Waals surface area contributed by atoms with E-state index in [0.717, 1.165) is 23.0 Å². The van der Waals surface area contributed by atoms with E-state index in [1.165, 1.54) is 5.56 Å². The second-order valence-electron chi connectivity index (χ2n) is 4.49. The highest BCUT2D eigenvalue weighted by molar-refractivity contribution is 5.99. The van der Waals surface area contributed by atoms with Crippen LogP contribution in [0.1, 0.15) is 28.6 Å². The monoisotopic (exact) mass is 261 g/mol. The molecule has 19 heavy (non-hydrogen) atoms. The second kappa shape index (κ2) is 5.89. The highest BCUT2D eigenvalue weighted by Gasteiger charge is 2.17. The standard InChI is InChI=1S/C15H19NO3/c1-4-11-5-6-13-12(9-11)10(2)14(19-13)15(17)16-7-8-18-3/h5-6,9H,4,7-8H2,1-3H3,(H,16,17). The zero-order valence-electron chi connectivity index (χ0n) is 11.6. The predicted octanol–water partition coefficient (Wildman–Crippen LogP) is 2.68. The number of rotatable bonds is 5. The van der Waals surface area contributed by atoms with Crippen molar-refractivity contribution in [3.63, 3.8) is 0 Å². The smallest absolute Gasteiger partial charge is 0.287 e. The van der Waals surface area contributed by atoms with Gasteiger partial charge >= 0.3 is 0 Å². The van der Waals surface area contributed by atoms with Crippen LogP contribution in [-0.4, -0.2) is 26.2 Å². The summed E-state index contributed by atoms with van der Waals surface area (Å²) in [6.45, 7) is 4.99. The maximum atomic E-state index is 12.0. The van der Waals surface area contributed by atoms with Crippen molar-refractivity contribution < 1.29 is 13.9 Å². The van der Waals surface area contributed by atoms with Crippen LogP contribution >= 0.6 is 0 Å². The van der Waals surface area contributed by atoms with E-state index in [1.54, 1.807) is 7.11 Å². The number of aryl methyl sites for hydroxylation is 2. The summed E-state index contributed by atoms with van der Waals surface area (Å²) in [6.07, 6.45) is 0.968. The molecule has 1 amide bonds. The predicted molar refractivity (Wildman–Crippen MR) is 74.5 cm³/mol. The third kappa shape index (κ3) is 2.79. The molecule has 102 valence electrons. The van der Waals surface area contributed by atoms with E-state index in [4.69, 9.17) is 9.15 Å². The Kier molecular flexibility index (Phi) is 4.22. The first kappa shape index (κ1) is 13.6. The van der Waals surface area contributed by atoms with Gasteiger partial charge in [-0.05, 0) is 31.0 Å². The molecule has 0 spiro atoms. The van der Waals surface area contributed by atoms with Crippen molar-refractivity contribution in [2.45, 2.75) is 20.3 Å². The highest BCUT2D eigenvalue weighted by Crippen LogP contribution is 2.26. The molecule has 2 aromatic rings. The number of methoxy groups -OCH3 is 1. The average Bonchev–Trinajstić information content (AvgIpc) is 2.76. The first-order valence-electron chi connectivity index (χ1n) is 6.46. The van der Waals surface area contributed by atoms with Crippen LogP contribution in [0, 0.1) is 6.92 Å². The van der Waals surface area contributed by atoms with E-state index < -0.39 is 0 Å². The Morgan fingerprint density at radius 3 is 2.89 bits per heavy atom. The van der Waals surface area contributed by atoms with Crippen LogP contribution in [0.2, 0.25) is 0 Å². The number of ether oxygens (including phenoxy) is 1. The molecule has 2 rings (SSSR count). The third-order valence-corrected chi connectivity index (χ3v) is 3.21. The van der Waals surface area contributed by atoms with Gasteiger partial charge in [0.2, 0.25) is 0 Å². The number of carbonyl (C=O) groups is 1. The van der Waals surface area contributed by atoms with Gasteiger partial charge in [0, 0.05) is 24.6 Å². The largest absolute Gasteiger partial charge is 0.451 e. The normalized spacial score (nSPS) is 10.9. The zero-order valence-corrected chi connectivity index (χ0v) is 11.6. The Bertz CT molecular complexity index is 586. The van der Waals surface area contributed by atoms with Crippen LogP contribution in [0.15, 0.2) is 22.6 Å². The molecule has 4 nitrogen and oxygen atoms in total. The molecule has 0 aliphatic heterocycles. The summed E-state index contributed by atoms with van der Waals surface area (Å²) in [4.78, 5) is 12.0. The highest BCUT2D eigenvalue weighted by atomic mass is 16.5. The number of amides is 1. The molecule has 0 saturated carbocycles. The Morgan fingerprint density at radius 1 is 1.42 bits per heavy atom. The van der Waals surface area contributed by atoms with Crippen molar-refractivity contribution >= 4 is 16.9 Å². The van der Waals surface area contributed by atoms with Crippen molar-refractivity contribution in [1.82, 2.24) is 5.32 Å². The van der Waals surface area contributed by atoms with Gasteiger partial charge in [0.1, 0.15) is 5.58 Å². The minimum absolute atomic E-state index is 0.191. The zero-order chi connectivity index (χ0) is 13.8. The molecule has 1 aromatic carbocycles. The Hall–Kier alpha value is -1.81. The lowest BCUT2D eigenvalue weighted by Gasteiger charge is -2.02. The van der Waals surface area contributed by atoms with E-state index in [0.29, 0.717) is 18.9 Å². The van der Waals surface area contributed by atoms with Crippen LogP contribution < -0.4 is 5.32 Å². The molecule has 0 fully saturated rings. The molecule has 1 aromatic heterocycles. The molecule has 0 radical (unpaired) electrons. The molecule has 0 bridgehead atoms. The van der Waals surface area contributed by atoms with Crippen molar-refractivity contribution in [2.24, 2.45) is 0 Å². The van der Waals surface area contributed by atoms with Crippen molar-refractivity contribution in [1.29, 1.82) is 0 Å². The average molecular weight is 261 g/mol. The van der Waals surface area contributed by atoms with Crippen LogP contribution in [0.5, 0.6) is 0 Å². The van der Waals surface area contributed by atoms with E-state index >= 15 is 0 Å². The van der Waals surface area contributed by atoms with Crippen LogP contribution in [-0.2, 0) is 11.2 Å². The Morgan fingerprint density at radius 2 is 2.21 bits per heavy atom. The summed E-state index contributed by atoms with van der Waals surface area (Å²) in [5.74, 6) is 0.197. The van der Waals surface area contributed by atoms with Crippen molar-refractivity contribution in [3.05, 3.63) is 35.1 Å². The van der Waals surface area contributed by atoms with Crippen LogP contribution in [0.3, 0.4) is 0 Å². The number of furan rings is 1. The molecule has 0 atom stereocenters. The molecule has 1 heterocycles. The summed E-state index contributed by atoms with van der Waals surface area (Å²) in [5.41, 5.74) is 2.88. The van der Waals surface area contributed by atoms with Gasteiger partial charge in [-0.2, -0.15) is 0 Å². The third-order valence-electron chi connectivity index (χ3n) is 3.21. The number of hydrogen-bond acceptors (Lipinski definition) is 3. The molecule has 0 saturated heterocycles. The van der Waals surface area contributed by atoms with Gasteiger partial charge in [0.15, 0.2) is 5.76 Å². The number of carbonyl (C=O) groups excluding carboxylic acids is 1. The minimum Gasteiger partial charge on any atom is -0.451 e. The van der Waals surface area contributed by atoms with Gasteiger partial charge in [-0.3, -0.25) is 4.79 Å². The fraction of sp³-hybridized carbons (Fsp3) is 0.400. The summed E-state index contributed by atoms with van der Waals surface area (Å²) < 4.78 is 10.5. The molecule has 0 aliphatic carbocycles. The minimum atomic E-state index is -0.191. The molecule has 1 N–H and O–H groups in total. The van der Waals surface area contributed by atoms with Crippen molar-refractivity contribution in [3.8, 4) is 0 Å². The molecular weight excluding hydrogens is 242 g/mol. The van der Waals surface area contributed by atoms with Gasteiger partial charge in [0.25, 0.3) is 5.91 Å². The van der Waals surface area contributed by atoms with Gasteiger partial charge in [0.05, 0.1) is 6.61 Å². The number of nitrogens with one attached hydrogen (secondary N) is 1. The first-order chi connectivity index (χ1) is 9.17. The fourth-order valence-electron chi connectivity index (χ4n) is 2.05. The Balaban J connectivity index is 2.29. The molecule has 4 heteroatoms. The van der Waals surface area contributed by atoms with Gasteiger partial charge in [-0.15, -0.1) is 0 Å². The summed E-state index contributed by atoms with van der Waals surface area (Å²) in [5, 5.41) is 3.78. The van der Waals surface area contributed by atoms with Gasteiger partial charge in [-0.25, -0.2) is 0 Å². The number of fused-ring (bicyclic) bond motifs is 1.